The number of hydrogen-bond donors (Lipinski definition) is 0. The molecule has 5 heteroatoms. The molecule has 0 amide bonds. The third-order valence-corrected chi connectivity index (χ3v) is 3.09. The van der Waals surface area contributed by atoms with E-state index < -0.39 is 0 Å². The van der Waals surface area contributed by atoms with Gasteiger partial charge in [0, 0.05) is 15.6 Å². The second-order valence-electron chi connectivity index (χ2n) is 3.94. The SMILES string of the molecule is Fc1ccc(-c2nc(-c3cccc(Br)c3)no2)cc1. The summed E-state index contributed by atoms with van der Waals surface area (Å²) in [5.74, 6) is 0.575. The number of nitrogens with zero attached hydrogens (tertiary/aromatic N) is 2. The Morgan fingerprint density at radius 1 is 1.00 bits per heavy atom. The Labute approximate surface area is 117 Å². The molecule has 0 saturated heterocycles. The monoisotopic (exact) mass is 318 g/mol. The Morgan fingerprint density at radius 3 is 2.53 bits per heavy atom. The van der Waals surface area contributed by atoms with Crippen molar-refractivity contribution in [3.63, 3.8) is 0 Å². The van der Waals surface area contributed by atoms with Gasteiger partial charge >= 0.3 is 0 Å². The van der Waals surface area contributed by atoms with Crippen molar-refractivity contribution in [3.05, 3.63) is 58.8 Å². The van der Waals surface area contributed by atoms with Crippen LogP contribution in [0.1, 0.15) is 0 Å². The summed E-state index contributed by atoms with van der Waals surface area (Å²) in [6.07, 6.45) is 0. The van der Waals surface area contributed by atoms with Crippen LogP contribution in [0, 0.1) is 5.82 Å². The highest BCUT2D eigenvalue weighted by Gasteiger charge is 2.10. The van der Waals surface area contributed by atoms with Crippen molar-refractivity contribution >= 4 is 15.9 Å². The van der Waals surface area contributed by atoms with Crippen LogP contribution in [-0.4, -0.2) is 10.1 Å². The van der Waals surface area contributed by atoms with Gasteiger partial charge < -0.3 is 4.52 Å². The van der Waals surface area contributed by atoms with E-state index in [1.54, 1.807) is 12.1 Å². The molecular formula is C14H8BrFN2O. The summed E-state index contributed by atoms with van der Waals surface area (Å²) in [5, 5.41) is 3.93. The summed E-state index contributed by atoms with van der Waals surface area (Å²) in [6, 6.07) is 13.5. The summed E-state index contributed by atoms with van der Waals surface area (Å²) in [5.41, 5.74) is 1.54. The molecule has 3 rings (SSSR count). The highest BCUT2D eigenvalue weighted by molar-refractivity contribution is 9.10. The fraction of sp³-hybridized carbons (Fsp3) is 0. The molecule has 0 unspecified atom stereocenters. The first-order chi connectivity index (χ1) is 9.22. The lowest BCUT2D eigenvalue weighted by molar-refractivity contribution is 0.432. The average Bonchev–Trinajstić information content (AvgIpc) is 2.89. The van der Waals surface area contributed by atoms with Gasteiger partial charge in [-0.3, -0.25) is 0 Å². The molecule has 0 aliphatic rings. The minimum atomic E-state index is -0.296. The van der Waals surface area contributed by atoms with Gasteiger partial charge in [-0.15, -0.1) is 0 Å². The van der Waals surface area contributed by atoms with Crippen molar-refractivity contribution in [2.45, 2.75) is 0 Å². The maximum absolute atomic E-state index is 12.8. The second-order valence-corrected chi connectivity index (χ2v) is 4.86. The quantitative estimate of drug-likeness (QED) is 0.707. The third kappa shape index (κ3) is 2.56. The van der Waals surface area contributed by atoms with Crippen molar-refractivity contribution in [1.29, 1.82) is 0 Å². The second kappa shape index (κ2) is 4.93. The summed E-state index contributed by atoms with van der Waals surface area (Å²) in [6.45, 7) is 0. The molecule has 3 nitrogen and oxygen atoms in total. The Kier molecular flexibility index (Phi) is 3.13. The number of rotatable bonds is 2. The molecule has 94 valence electrons. The third-order valence-electron chi connectivity index (χ3n) is 2.60. The fourth-order valence-electron chi connectivity index (χ4n) is 1.68. The fourth-order valence-corrected chi connectivity index (χ4v) is 2.08. The molecular weight excluding hydrogens is 311 g/mol. The molecule has 1 heterocycles. The van der Waals surface area contributed by atoms with Gasteiger partial charge in [-0.2, -0.15) is 4.98 Å². The largest absolute Gasteiger partial charge is 0.334 e. The number of aromatic nitrogens is 2. The number of halogens is 2. The van der Waals surface area contributed by atoms with E-state index in [1.165, 1.54) is 12.1 Å². The molecule has 0 atom stereocenters. The van der Waals surface area contributed by atoms with Gasteiger partial charge in [0.2, 0.25) is 5.82 Å². The standard InChI is InChI=1S/C14H8BrFN2O/c15-11-3-1-2-10(8-11)13-17-14(19-18-13)9-4-6-12(16)7-5-9/h1-8H. The maximum atomic E-state index is 12.8. The van der Waals surface area contributed by atoms with Crippen LogP contribution in [0.4, 0.5) is 4.39 Å². The number of hydrogen-bond acceptors (Lipinski definition) is 3. The first kappa shape index (κ1) is 12.0. The zero-order valence-corrected chi connectivity index (χ0v) is 11.3. The van der Waals surface area contributed by atoms with Gasteiger partial charge in [-0.05, 0) is 36.4 Å². The van der Waals surface area contributed by atoms with Crippen LogP contribution in [-0.2, 0) is 0 Å². The first-order valence-electron chi connectivity index (χ1n) is 5.58. The van der Waals surface area contributed by atoms with E-state index in [4.69, 9.17) is 4.52 Å². The maximum Gasteiger partial charge on any atom is 0.258 e. The first-order valence-corrected chi connectivity index (χ1v) is 6.37. The minimum absolute atomic E-state index is 0.296. The lowest BCUT2D eigenvalue weighted by atomic mass is 10.2. The van der Waals surface area contributed by atoms with E-state index in [-0.39, 0.29) is 5.82 Å². The smallest absolute Gasteiger partial charge is 0.258 e. The molecule has 0 N–H and O–H groups in total. The average molecular weight is 319 g/mol. The van der Waals surface area contributed by atoms with E-state index in [9.17, 15) is 4.39 Å². The van der Waals surface area contributed by atoms with Gasteiger partial charge in [0.25, 0.3) is 5.89 Å². The van der Waals surface area contributed by atoms with Gasteiger partial charge in [-0.25, -0.2) is 4.39 Å². The van der Waals surface area contributed by atoms with Gasteiger partial charge in [0.1, 0.15) is 5.82 Å². The predicted octanol–water partition coefficient (Wildman–Crippen LogP) is 4.31. The van der Waals surface area contributed by atoms with E-state index in [1.807, 2.05) is 24.3 Å². The van der Waals surface area contributed by atoms with Crippen molar-refractivity contribution < 1.29 is 8.91 Å². The zero-order valence-electron chi connectivity index (χ0n) is 9.68. The topological polar surface area (TPSA) is 38.9 Å². The van der Waals surface area contributed by atoms with Crippen LogP contribution in [0.2, 0.25) is 0 Å². The normalized spacial score (nSPS) is 10.6. The molecule has 1 aromatic heterocycles. The van der Waals surface area contributed by atoms with Crippen LogP contribution < -0.4 is 0 Å². The molecule has 0 aliphatic heterocycles. The van der Waals surface area contributed by atoms with Crippen molar-refractivity contribution in [2.24, 2.45) is 0 Å². The van der Waals surface area contributed by atoms with Crippen molar-refractivity contribution in [3.8, 4) is 22.8 Å². The molecule has 0 fully saturated rings. The Morgan fingerprint density at radius 2 is 1.79 bits per heavy atom. The predicted molar refractivity (Wildman–Crippen MR) is 72.8 cm³/mol. The lowest BCUT2D eigenvalue weighted by Crippen LogP contribution is -1.81. The molecule has 0 saturated carbocycles. The molecule has 0 aliphatic carbocycles. The highest BCUT2D eigenvalue weighted by Crippen LogP contribution is 2.24. The van der Waals surface area contributed by atoms with Crippen LogP contribution in [0.15, 0.2) is 57.5 Å². The molecule has 0 bridgehead atoms. The van der Waals surface area contributed by atoms with Gasteiger partial charge in [-0.1, -0.05) is 33.2 Å². The summed E-state index contributed by atoms with van der Waals surface area (Å²) in [4.78, 5) is 4.30. The summed E-state index contributed by atoms with van der Waals surface area (Å²) in [7, 11) is 0. The summed E-state index contributed by atoms with van der Waals surface area (Å²) < 4.78 is 19.0. The van der Waals surface area contributed by atoms with Crippen LogP contribution in [0.25, 0.3) is 22.8 Å². The van der Waals surface area contributed by atoms with Crippen LogP contribution in [0.3, 0.4) is 0 Å². The lowest BCUT2D eigenvalue weighted by Gasteiger charge is -1.94. The van der Waals surface area contributed by atoms with Crippen LogP contribution in [0.5, 0.6) is 0 Å². The Bertz CT molecular complexity index is 709. The van der Waals surface area contributed by atoms with Gasteiger partial charge in [0.05, 0.1) is 0 Å². The van der Waals surface area contributed by atoms with Crippen LogP contribution >= 0.6 is 15.9 Å². The van der Waals surface area contributed by atoms with E-state index in [2.05, 4.69) is 26.1 Å². The highest BCUT2D eigenvalue weighted by atomic mass is 79.9. The Balaban J connectivity index is 1.97. The molecule has 0 radical (unpaired) electrons. The van der Waals surface area contributed by atoms with E-state index in [0.29, 0.717) is 17.3 Å². The molecule has 3 aromatic rings. The Hall–Kier alpha value is -2.01. The van der Waals surface area contributed by atoms with Crippen molar-refractivity contribution in [1.82, 2.24) is 10.1 Å². The van der Waals surface area contributed by atoms with Crippen molar-refractivity contribution in [2.75, 3.05) is 0 Å². The molecule has 0 spiro atoms. The zero-order chi connectivity index (χ0) is 13.2. The molecule has 19 heavy (non-hydrogen) atoms. The summed E-state index contributed by atoms with van der Waals surface area (Å²) >= 11 is 3.39. The van der Waals surface area contributed by atoms with E-state index in [0.717, 1.165) is 10.0 Å². The number of benzene rings is 2. The minimum Gasteiger partial charge on any atom is -0.334 e. The van der Waals surface area contributed by atoms with E-state index >= 15 is 0 Å². The molecule has 2 aromatic carbocycles. The van der Waals surface area contributed by atoms with Gasteiger partial charge in [0.15, 0.2) is 0 Å².